The van der Waals surface area contributed by atoms with Crippen molar-refractivity contribution >= 4 is 0 Å². The molecule has 1 heteroatoms. The van der Waals surface area contributed by atoms with E-state index in [0.717, 1.165) is 18.5 Å². The lowest BCUT2D eigenvalue weighted by Crippen LogP contribution is -2.35. The molecule has 1 saturated carbocycles. The number of hydrogen-bond donors (Lipinski definition) is 1. The lowest BCUT2D eigenvalue weighted by atomic mass is 9.71. The molecule has 1 N–H and O–H groups in total. The van der Waals surface area contributed by atoms with Gasteiger partial charge in [-0.3, -0.25) is 0 Å². The van der Waals surface area contributed by atoms with Gasteiger partial charge in [-0.25, -0.2) is 0 Å². The second-order valence-corrected chi connectivity index (χ2v) is 7.28. The topological polar surface area (TPSA) is 12.0 Å². The van der Waals surface area contributed by atoms with Crippen molar-refractivity contribution in [3.05, 3.63) is 35.4 Å². The van der Waals surface area contributed by atoms with Gasteiger partial charge in [0, 0.05) is 12.6 Å². The Labute approximate surface area is 118 Å². The first-order valence-electron chi connectivity index (χ1n) is 7.74. The normalized spacial score (nSPS) is 24.4. The van der Waals surface area contributed by atoms with E-state index in [-0.39, 0.29) is 0 Å². The Bertz CT molecular complexity index is 394. The molecule has 106 valence electrons. The summed E-state index contributed by atoms with van der Waals surface area (Å²) in [7, 11) is 0. The van der Waals surface area contributed by atoms with Gasteiger partial charge in [0.05, 0.1) is 0 Å². The summed E-state index contributed by atoms with van der Waals surface area (Å²) in [6.07, 6.45) is 5.45. The molecule has 1 fully saturated rings. The molecule has 19 heavy (non-hydrogen) atoms. The molecule has 1 aromatic carbocycles. The van der Waals surface area contributed by atoms with Crippen molar-refractivity contribution in [2.24, 2.45) is 11.3 Å². The molecule has 1 aromatic rings. The van der Waals surface area contributed by atoms with E-state index >= 15 is 0 Å². The van der Waals surface area contributed by atoms with Crippen LogP contribution in [0.5, 0.6) is 0 Å². The molecule has 1 aliphatic rings. The summed E-state index contributed by atoms with van der Waals surface area (Å²) < 4.78 is 0. The zero-order chi connectivity index (χ0) is 13.9. The molecule has 0 aliphatic heterocycles. The first-order valence-corrected chi connectivity index (χ1v) is 7.74. The van der Waals surface area contributed by atoms with Crippen molar-refractivity contribution in [3.63, 3.8) is 0 Å². The third-order valence-corrected chi connectivity index (χ3v) is 4.63. The van der Waals surface area contributed by atoms with Gasteiger partial charge in [0.25, 0.3) is 0 Å². The molecule has 0 amide bonds. The zero-order valence-corrected chi connectivity index (χ0v) is 13.0. The van der Waals surface area contributed by atoms with Gasteiger partial charge in [-0.1, -0.05) is 50.6 Å². The Morgan fingerprint density at radius 3 is 2.37 bits per heavy atom. The molecule has 0 aromatic heterocycles. The van der Waals surface area contributed by atoms with Crippen LogP contribution in [0, 0.1) is 18.3 Å². The molecule has 0 radical (unpaired) electrons. The molecule has 2 rings (SSSR count). The summed E-state index contributed by atoms with van der Waals surface area (Å²) >= 11 is 0. The van der Waals surface area contributed by atoms with Crippen molar-refractivity contribution in [1.29, 1.82) is 0 Å². The number of benzene rings is 1. The molecular formula is C18H29N. The average Bonchev–Trinajstić information content (AvgIpc) is 2.36. The SMILES string of the molecule is Cc1cccc(CNC2CCC(C(C)(C)C)CC2)c1. The minimum absolute atomic E-state index is 0.488. The molecule has 0 atom stereocenters. The lowest BCUT2D eigenvalue weighted by molar-refractivity contribution is 0.160. The van der Waals surface area contributed by atoms with Crippen LogP contribution in [0.25, 0.3) is 0 Å². The van der Waals surface area contributed by atoms with Crippen molar-refractivity contribution in [2.75, 3.05) is 0 Å². The third-order valence-electron chi connectivity index (χ3n) is 4.63. The van der Waals surface area contributed by atoms with E-state index in [4.69, 9.17) is 0 Å². The molecular weight excluding hydrogens is 230 g/mol. The Morgan fingerprint density at radius 1 is 1.11 bits per heavy atom. The van der Waals surface area contributed by atoms with Gasteiger partial charge in [-0.05, 0) is 49.5 Å². The first kappa shape index (κ1) is 14.6. The predicted octanol–water partition coefficient (Wildman–Crippen LogP) is 4.69. The van der Waals surface area contributed by atoms with Crippen molar-refractivity contribution in [3.8, 4) is 0 Å². The van der Waals surface area contributed by atoms with E-state index in [1.165, 1.54) is 36.8 Å². The Hall–Kier alpha value is -0.820. The molecule has 1 aliphatic carbocycles. The van der Waals surface area contributed by atoms with Gasteiger partial charge in [-0.15, -0.1) is 0 Å². The van der Waals surface area contributed by atoms with Gasteiger partial charge in [0.2, 0.25) is 0 Å². The van der Waals surface area contributed by atoms with Crippen LogP contribution < -0.4 is 5.32 Å². The molecule has 0 heterocycles. The maximum atomic E-state index is 3.74. The maximum absolute atomic E-state index is 3.74. The highest BCUT2D eigenvalue weighted by Gasteiger charge is 2.29. The third kappa shape index (κ3) is 4.35. The number of aryl methyl sites for hydroxylation is 1. The van der Waals surface area contributed by atoms with Gasteiger partial charge < -0.3 is 5.32 Å². The zero-order valence-electron chi connectivity index (χ0n) is 13.0. The molecule has 0 saturated heterocycles. The fourth-order valence-corrected chi connectivity index (χ4v) is 3.25. The summed E-state index contributed by atoms with van der Waals surface area (Å²) in [4.78, 5) is 0. The fraction of sp³-hybridized carbons (Fsp3) is 0.667. The second-order valence-electron chi connectivity index (χ2n) is 7.28. The van der Waals surface area contributed by atoms with Crippen molar-refractivity contribution in [1.82, 2.24) is 5.32 Å². The van der Waals surface area contributed by atoms with Gasteiger partial charge in [0.1, 0.15) is 0 Å². The quantitative estimate of drug-likeness (QED) is 0.830. The van der Waals surface area contributed by atoms with Crippen LogP contribution in [0.3, 0.4) is 0 Å². The van der Waals surface area contributed by atoms with Crippen LogP contribution in [0.4, 0.5) is 0 Å². The number of nitrogens with one attached hydrogen (secondary N) is 1. The Kier molecular flexibility index (Phi) is 4.67. The summed E-state index contributed by atoms with van der Waals surface area (Å²) in [5.74, 6) is 0.907. The van der Waals surface area contributed by atoms with E-state index in [2.05, 4.69) is 57.3 Å². The summed E-state index contributed by atoms with van der Waals surface area (Å²) in [5.41, 5.74) is 3.26. The molecule has 0 unspecified atom stereocenters. The van der Waals surface area contributed by atoms with Crippen LogP contribution in [0.1, 0.15) is 57.6 Å². The van der Waals surface area contributed by atoms with E-state index in [0.29, 0.717) is 5.41 Å². The second kappa shape index (κ2) is 6.09. The van der Waals surface area contributed by atoms with E-state index in [9.17, 15) is 0 Å². The first-order chi connectivity index (χ1) is 8.95. The van der Waals surface area contributed by atoms with Gasteiger partial charge in [0.15, 0.2) is 0 Å². The lowest BCUT2D eigenvalue weighted by Gasteiger charge is -2.37. The average molecular weight is 259 g/mol. The monoisotopic (exact) mass is 259 g/mol. The van der Waals surface area contributed by atoms with Crippen LogP contribution in [-0.4, -0.2) is 6.04 Å². The predicted molar refractivity (Wildman–Crippen MR) is 83.2 cm³/mol. The van der Waals surface area contributed by atoms with E-state index in [1.54, 1.807) is 0 Å². The molecule has 0 spiro atoms. The summed E-state index contributed by atoms with van der Waals surface area (Å²) in [6.45, 7) is 10.3. The minimum Gasteiger partial charge on any atom is -0.310 e. The summed E-state index contributed by atoms with van der Waals surface area (Å²) in [5, 5.41) is 3.74. The van der Waals surface area contributed by atoms with Crippen LogP contribution >= 0.6 is 0 Å². The van der Waals surface area contributed by atoms with E-state index in [1.807, 2.05) is 0 Å². The van der Waals surface area contributed by atoms with Crippen LogP contribution in [-0.2, 0) is 6.54 Å². The van der Waals surface area contributed by atoms with E-state index < -0.39 is 0 Å². The molecule has 0 bridgehead atoms. The van der Waals surface area contributed by atoms with Gasteiger partial charge >= 0.3 is 0 Å². The highest BCUT2D eigenvalue weighted by atomic mass is 14.9. The highest BCUT2D eigenvalue weighted by molar-refractivity contribution is 5.22. The Balaban J connectivity index is 1.77. The van der Waals surface area contributed by atoms with Crippen molar-refractivity contribution < 1.29 is 0 Å². The van der Waals surface area contributed by atoms with Gasteiger partial charge in [-0.2, -0.15) is 0 Å². The number of rotatable bonds is 3. The van der Waals surface area contributed by atoms with Crippen LogP contribution in [0.2, 0.25) is 0 Å². The smallest absolute Gasteiger partial charge is 0.0208 e. The highest BCUT2D eigenvalue weighted by Crippen LogP contribution is 2.37. The summed E-state index contributed by atoms with van der Waals surface area (Å²) in [6, 6.07) is 9.55. The number of hydrogen-bond acceptors (Lipinski definition) is 1. The minimum atomic E-state index is 0.488. The fourth-order valence-electron chi connectivity index (χ4n) is 3.25. The maximum Gasteiger partial charge on any atom is 0.0208 e. The standard InChI is InChI=1S/C18H29N/c1-14-6-5-7-15(12-14)13-19-17-10-8-16(9-11-17)18(2,3)4/h5-7,12,16-17,19H,8-11,13H2,1-4H3. The largest absolute Gasteiger partial charge is 0.310 e. The Morgan fingerprint density at radius 2 is 1.79 bits per heavy atom. The van der Waals surface area contributed by atoms with Crippen molar-refractivity contribution in [2.45, 2.75) is 66.0 Å². The van der Waals surface area contributed by atoms with Crippen LogP contribution in [0.15, 0.2) is 24.3 Å². The molecule has 1 nitrogen and oxygen atoms in total.